The maximum atomic E-state index is 12.8. The molecule has 2 aliphatic heterocycles. The van der Waals surface area contributed by atoms with E-state index in [1.807, 2.05) is 11.8 Å². The first-order chi connectivity index (χ1) is 9.00. The highest BCUT2D eigenvalue weighted by atomic mass is 16.2. The van der Waals surface area contributed by atoms with Crippen molar-refractivity contribution in [3.63, 3.8) is 0 Å². The average Bonchev–Trinajstić information content (AvgIpc) is 3.19. The van der Waals surface area contributed by atoms with Gasteiger partial charge in [0.2, 0.25) is 11.8 Å². The van der Waals surface area contributed by atoms with E-state index < -0.39 is 5.54 Å². The number of rotatable bonds is 2. The van der Waals surface area contributed by atoms with Crippen molar-refractivity contribution in [3.05, 3.63) is 0 Å². The van der Waals surface area contributed by atoms with Crippen LogP contribution in [0.5, 0.6) is 0 Å². The van der Waals surface area contributed by atoms with Gasteiger partial charge in [0, 0.05) is 6.04 Å². The third-order valence-corrected chi connectivity index (χ3v) is 4.94. The molecule has 1 atom stereocenters. The molecule has 1 unspecified atom stereocenters. The largest absolute Gasteiger partial charge is 0.340 e. The summed E-state index contributed by atoms with van der Waals surface area (Å²) < 4.78 is 0. The van der Waals surface area contributed by atoms with Crippen molar-refractivity contribution in [2.45, 2.75) is 44.2 Å². The van der Waals surface area contributed by atoms with Gasteiger partial charge in [-0.25, -0.2) is 0 Å². The summed E-state index contributed by atoms with van der Waals surface area (Å²) in [5, 5.41) is 2.94. The molecule has 5 nitrogen and oxygen atoms in total. The topological polar surface area (TPSA) is 52.6 Å². The maximum Gasteiger partial charge on any atom is 0.249 e. The van der Waals surface area contributed by atoms with Crippen molar-refractivity contribution >= 4 is 11.8 Å². The van der Waals surface area contributed by atoms with Gasteiger partial charge in [-0.3, -0.25) is 9.59 Å². The molecule has 0 spiro atoms. The van der Waals surface area contributed by atoms with E-state index in [9.17, 15) is 9.59 Å². The van der Waals surface area contributed by atoms with Gasteiger partial charge >= 0.3 is 0 Å². The second kappa shape index (κ2) is 4.47. The van der Waals surface area contributed by atoms with Crippen LogP contribution in [0.4, 0.5) is 0 Å². The molecular weight excluding hydrogens is 242 g/mol. The van der Waals surface area contributed by atoms with E-state index in [2.05, 4.69) is 17.3 Å². The normalized spacial score (nSPS) is 34.5. The van der Waals surface area contributed by atoms with Crippen LogP contribution in [-0.4, -0.2) is 59.9 Å². The summed E-state index contributed by atoms with van der Waals surface area (Å²) in [5.41, 5.74) is -0.640. The van der Waals surface area contributed by atoms with Gasteiger partial charge in [-0.05, 0) is 58.7 Å². The first-order valence-electron chi connectivity index (χ1n) is 7.31. The zero-order valence-electron chi connectivity index (χ0n) is 11.8. The van der Waals surface area contributed by atoms with Gasteiger partial charge in [-0.15, -0.1) is 0 Å². The van der Waals surface area contributed by atoms with Crippen molar-refractivity contribution in [2.75, 3.05) is 26.7 Å². The number of hydrogen-bond acceptors (Lipinski definition) is 3. The SMILES string of the molecule is CN1CCC(N2CC(=O)NC(C)(C3CC3)C2=O)CC1. The van der Waals surface area contributed by atoms with Gasteiger partial charge in [0.1, 0.15) is 5.54 Å². The molecule has 19 heavy (non-hydrogen) atoms. The Balaban J connectivity index is 1.76. The van der Waals surface area contributed by atoms with E-state index in [1.54, 1.807) is 0 Å². The first kappa shape index (κ1) is 12.9. The molecule has 0 bridgehead atoms. The number of carbonyl (C=O) groups is 2. The summed E-state index contributed by atoms with van der Waals surface area (Å²) in [4.78, 5) is 28.8. The number of carbonyl (C=O) groups excluding carboxylic acids is 2. The Morgan fingerprint density at radius 2 is 1.79 bits per heavy atom. The van der Waals surface area contributed by atoms with E-state index in [0.29, 0.717) is 5.92 Å². The number of nitrogens with one attached hydrogen (secondary N) is 1. The average molecular weight is 265 g/mol. The minimum atomic E-state index is -0.640. The highest BCUT2D eigenvalue weighted by molar-refractivity contribution is 5.98. The minimum absolute atomic E-state index is 0.00734. The Morgan fingerprint density at radius 1 is 1.16 bits per heavy atom. The van der Waals surface area contributed by atoms with Crippen molar-refractivity contribution < 1.29 is 9.59 Å². The highest BCUT2D eigenvalue weighted by Crippen LogP contribution is 2.42. The van der Waals surface area contributed by atoms with Crippen LogP contribution in [0.3, 0.4) is 0 Å². The fourth-order valence-electron chi connectivity index (χ4n) is 3.45. The lowest BCUT2D eigenvalue weighted by atomic mass is 9.89. The lowest BCUT2D eigenvalue weighted by Crippen LogP contribution is -2.68. The minimum Gasteiger partial charge on any atom is -0.340 e. The van der Waals surface area contributed by atoms with Crippen molar-refractivity contribution in [1.29, 1.82) is 0 Å². The molecule has 1 N–H and O–H groups in total. The molecule has 2 saturated heterocycles. The smallest absolute Gasteiger partial charge is 0.249 e. The zero-order valence-corrected chi connectivity index (χ0v) is 11.8. The molecule has 3 rings (SSSR count). The number of piperazine rings is 1. The van der Waals surface area contributed by atoms with Crippen LogP contribution >= 0.6 is 0 Å². The zero-order chi connectivity index (χ0) is 13.6. The van der Waals surface area contributed by atoms with Gasteiger partial charge in [0.25, 0.3) is 0 Å². The predicted molar refractivity (Wildman–Crippen MR) is 71.5 cm³/mol. The summed E-state index contributed by atoms with van der Waals surface area (Å²) in [6.45, 7) is 4.17. The molecule has 5 heteroatoms. The van der Waals surface area contributed by atoms with E-state index in [1.165, 1.54) is 0 Å². The summed E-state index contributed by atoms with van der Waals surface area (Å²) >= 11 is 0. The van der Waals surface area contributed by atoms with Crippen molar-refractivity contribution in [2.24, 2.45) is 5.92 Å². The van der Waals surface area contributed by atoms with Gasteiger partial charge in [0.15, 0.2) is 0 Å². The van der Waals surface area contributed by atoms with E-state index in [-0.39, 0.29) is 24.4 Å². The summed E-state index contributed by atoms with van der Waals surface area (Å²) in [7, 11) is 2.11. The molecule has 0 aromatic rings. The monoisotopic (exact) mass is 265 g/mol. The van der Waals surface area contributed by atoms with Gasteiger partial charge in [-0.2, -0.15) is 0 Å². The van der Waals surface area contributed by atoms with E-state index in [0.717, 1.165) is 38.8 Å². The lowest BCUT2D eigenvalue weighted by molar-refractivity contribution is -0.153. The van der Waals surface area contributed by atoms with Gasteiger partial charge in [0.05, 0.1) is 6.54 Å². The molecule has 3 aliphatic rings. The molecular formula is C14H23N3O2. The molecule has 3 fully saturated rings. The van der Waals surface area contributed by atoms with Crippen LogP contribution in [0.15, 0.2) is 0 Å². The molecule has 0 radical (unpaired) electrons. The molecule has 0 aromatic carbocycles. The van der Waals surface area contributed by atoms with Crippen molar-refractivity contribution in [1.82, 2.24) is 15.1 Å². The van der Waals surface area contributed by atoms with Gasteiger partial charge < -0.3 is 15.1 Å². The number of nitrogens with zero attached hydrogens (tertiary/aromatic N) is 2. The molecule has 0 aromatic heterocycles. The Bertz CT molecular complexity index is 399. The van der Waals surface area contributed by atoms with Crippen LogP contribution in [0, 0.1) is 5.92 Å². The Morgan fingerprint density at radius 3 is 2.37 bits per heavy atom. The van der Waals surface area contributed by atoms with E-state index in [4.69, 9.17) is 0 Å². The summed E-state index contributed by atoms with van der Waals surface area (Å²) in [6.07, 6.45) is 4.08. The predicted octanol–water partition coefficient (Wildman–Crippen LogP) is 0.208. The third-order valence-electron chi connectivity index (χ3n) is 4.94. The number of piperidine rings is 1. The lowest BCUT2D eigenvalue weighted by Gasteiger charge is -2.45. The Labute approximate surface area is 114 Å². The number of likely N-dealkylation sites (tertiary alicyclic amines) is 1. The standard InChI is InChI=1S/C14H23N3O2/c1-14(10-3-4-10)13(19)17(9-12(18)15-14)11-5-7-16(2)8-6-11/h10-11H,3-9H2,1-2H3,(H,15,18). The first-order valence-corrected chi connectivity index (χ1v) is 7.31. The van der Waals surface area contributed by atoms with Crippen LogP contribution in [0.2, 0.25) is 0 Å². The molecule has 2 heterocycles. The van der Waals surface area contributed by atoms with Crippen LogP contribution in [0.1, 0.15) is 32.6 Å². The highest BCUT2D eigenvalue weighted by Gasteiger charge is 2.53. The summed E-state index contributed by atoms with van der Waals surface area (Å²) in [5.74, 6) is 0.495. The molecule has 1 aliphatic carbocycles. The van der Waals surface area contributed by atoms with E-state index >= 15 is 0 Å². The maximum absolute atomic E-state index is 12.8. The second-order valence-electron chi connectivity index (χ2n) is 6.49. The molecule has 1 saturated carbocycles. The fraction of sp³-hybridized carbons (Fsp3) is 0.857. The Hall–Kier alpha value is -1.10. The Kier molecular flexibility index (Phi) is 3.04. The van der Waals surface area contributed by atoms with Crippen LogP contribution in [0.25, 0.3) is 0 Å². The van der Waals surface area contributed by atoms with Crippen LogP contribution < -0.4 is 5.32 Å². The molecule has 2 amide bonds. The quantitative estimate of drug-likeness (QED) is 0.776. The number of amides is 2. The number of hydrogen-bond donors (Lipinski definition) is 1. The third kappa shape index (κ3) is 2.24. The second-order valence-corrected chi connectivity index (χ2v) is 6.49. The molecule has 106 valence electrons. The van der Waals surface area contributed by atoms with Gasteiger partial charge in [-0.1, -0.05) is 0 Å². The van der Waals surface area contributed by atoms with Crippen molar-refractivity contribution in [3.8, 4) is 0 Å². The summed E-state index contributed by atoms with van der Waals surface area (Å²) in [6, 6.07) is 0.243. The van der Waals surface area contributed by atoms with Crippen LogP contribution in [-0.2, 0) is 9.59 Å². The fourth-order valence-corrected chi connectivity index (χ4v) is 3.45.